The summed E-state index contributed by atoms with van der Waals surface area (Å²) in [5, 5.41) is 2.93. The SMILES string of the molecule is COc1ccc(C(=O)NCC2CC(=O)N(CCc3ccccc3)C2)cc1. The quantitative estimate of drug-likeness (QED) is 0.833. The molecule has 1 fully saturated rings. The van der Waals surface area contributed by atoms with E-state index in [1.807, 2.05) is 23.1 Å². The highest BCUT2D eigenvalue weighted by Gasteiger charge is 2.29. The molecule has 1 N–H and O–H groups in total. The van der Waals surface area contributed by atoms with Gasteiger partial charge in [-0.2, -0.15) is 0 Å². The van der Waals surface area contributed by atoms with Crippen molar-refractivity contribution >= 4 is 11.8 Å². The summed E-state index contributed by atoms with van der Waals surface area (Å²) in [7, 11) is 1.59. The van der Waals surface area contributed by atoms with Crippen LogP contribution in [0.1, 0.15) is 22.3 Å². The van der Waals surface area contributed by atoms with Crippen LogP contribution < -0.4 is 10.1 Å². The normalized spacial score (nSPS) is 16.6. The summed E-state index contributed by atoms with van der Waals surface area (Å²) >= 11 is 0. The summed E-state index contributed by atoms with van der Waals surface area (Å²) in [6, 6.07) is 17.2. The minimum absolute atomic E-state index is 0.122. The van der Waals surface area contributed by atoms with Crippen LogP contribution in [-0.2, 0) is 11.2 Å². The maximum atomic E-state index is 12.2. The van der Waals surface area contributed by atoms with Gasteiger partial charge in [-0.1, -0.05) is 30.3 Å². The zero-order valence-corrected chi connectivity index (χ0v) is 15.0. The van der Waals surface area contributed by atoms with E-state index in [2.05, 4.69) is 17.4 Å². The molecule has 0 radical (unpaired) electrons. The Morgan fingerprint density at radius 3 is 2.58 bits per heavy atom. The minimum atomic E-state index is -0.122. The van der Waals surface area contributed by atoms with Gasteiger partial charge in [-0.15, -0.1) is 0 Å². The summed E-state index contributed by atoms with van der Waals surface area (Å²) < 4.78 is 5.09. The van der Waals surface area contributed by atoms with Crippen molar-refractivity contribution in [1.82, 2.24) is 10.2 Å². The number of carbonyl (C=O) groups is 2. The highest BCUT2D eigenvalue weighted by molar-refractivity contribution is 5.94. The molecule has 2 amide bonds. The Bertz CT molecular complexity index is 744. The van der Waals surface area contributed by atoms with Gasteiger partial charge in [0.25, 0.3) is 5.91 Å². The lowest BCUT2D eigenvalue weighted by Gasteiger charge is -2.17. The Hall–Kier alpha value is -2.82. The zero-order valence-electron chi connectivity index (χ0n) is 15.0. The van der Waals surface area contributed by atoms with Crippen LogP contribution in [0.2, 0.25) is 0 Å². The highest BCUT2D eigenvalue weighted by Crippen LogP contribution is 2.18. The van der Waals surface area contributed by atoms with E-state index >= 15 is 0 Å². The van der Waals surface area contributed by atoms with Crippen molar-refractivity contribution in [3.05, 3.63) is 65.7 Å². The van der Waals surface area contributed by atoms with Crippen molar-refractivity contribution in [1.29, 1.82) is 0 Å². The molecule has 3 rings (SSSR count). The summed E-state index contributed by atoms with van der Waals surface area (Å²) in [4.78, 5) is 26.3. The fraction of sp³-hybridized carbons (Fsp3) is 0.333. The van der Waals surface area contributed by atoms with Gasteiger partial charge in [0.05, 0.1) is 7.11 Å². The number of carbonyl (C=O) groups excluding carboxylic acids is 2. The van der Waals surface area contributed by atoms with Gasteiger partial charge >= 0.3 is 0 Å². The Labute approximate surface area is 154 Å². The molecule has 0 saturated carbocycles. The van der Waals surface area contributed by atoms with E-state index in [0.717, 1.165) is 18.7 Å². The number of nitrogens with one attached hydrogen (secondary N) is 1. The molecule has 0 aliphatic carbocycles. The van der Waals surface area contributed by atoms with Crippen LogP contribution >= 0.6 is 0 Å². The number of nitrogens with zero attached hydrogens (tertiary/aromatic N) is 1. The van der Waals surface area contributed by atoms with Gasteiger partial charge < -0.3 is 15.0 Å². The predicted octanol–water partition coefficient (Wildman–Crippen LogP) is 2.52. The molecule has 1 unspecified atom stereocenters. The predicted molar refractivity (Wildman–Crippen MR) is 100 cm³/mol. The summed E-state index contributed by atoms with van der Waals surface area (Å²) in [5.74, 6) is 0.935. The molecule has 2 aromatic rings. The Kier molecular flexibility index (Phi) is 5.89. The largest absolute Gasteiger partial charge is 0.497 e. The molecular formula is C21H24N2O3. The van der Waals surface area contributed by atoms with Crippen molar-refractivity contribution in [2.45, 2.75) is 12.8 Å². The number of rotatable bonds is 7. The van der Waals surface area contributed by atoms with Crippen molar-refractivity contribution in [2.75, 3.05) is 26.7 Å². The summed E-state index contributed by atoms with van der Waals surface area (Å²) in [6.07, 6.45) is 1.36. The first kappa shape index (κ1) is 18.0. The second kappa shape index (κ2) is 8.52. The molecule has 5 nitrogen and oxygen atoms in total. The maximum Gasteiger partial charge on any atom is 0.251 e. The third kappa shape index (κ3) is 4.63. The standard InChI is InChI=1S/C21H24N2O3/c1-26-19-9-7-18(8-10-19)21(25)22-14-17-13-20(24)23(15-17)12-11-16-5-3-2-4-6-16/h2-10,17H,11-15H2,1H3,(H,22,25). The van der Waals surface area contributed by atoms with Crippen LogP contribution in [0.5, 0.6) is 5.75 Å². The third-order valence-corrected chi connectivity index (χ3v) is 4.71. The van der Waals surface area contributed by atoms with Gasteiger partial charge in [0.2, 0.25) is 5.91 Å². The molecule has 0 aromatic heterocycles. The molecule has 1 heterocycles. The maximum absolute atomic E-state index is 12.2. The lowest BCUT2D eigenvalue weighted by atomic mass is 10.1. The van der Waals surface area contributed by atoms with Gasteiger partial charge in [0.1, 0.15) is 5.75 Å². The number of likely N-dealkylation sites (tertiary alicyclic amines) is 1. The molecule has 0 bridgehead atoms. The fourth-order valence-corrected chi connectivity index (χ4v) is 3.20. The molecule has 1 atom stereocenters. The van der Waals surface area contributed by atoms with Crippen molar-refractivity contribution in [2.24, 2.45) is 5.92 Å². The van der Waals surface area contributed by atoms with Crippen LogP contribution in [0.4, 0.5) is 0 Å². The fourth-order valence-electron chi connectivity index (χ4n) is 3.20. The van der Waals surface area contributed by atoms with Crippen LogP contribution in [0.25, 0.3) is 0 Å². The molecule has 5 heteroatoms. The molecule has 136 valence electrons. The van der Waals surface area contributed by atoms with E-state index in [1.54, 1.807) is 31.4 Å². The molecule has 1 saturated heterocycles. The first-order valence-electron chi connectivity index (χ1n) is 8.89. The van der Waals surface area contributed by atoms with Crippen LogP contribution in [0.15, 0.2) is 54.6 Å². The van der Waals surface area contributed by atoms with Crippen molar-refractivity contribution in [3.63, 3.8) is 0 Å². The Morgan fingerprint density at radius 2 is 1.88 bits per heavy atom. The molecule has 1 aliphatic rings. The van der Waals surface area contributed by atoms with Gasteiger partial charge in [-0.05, 0) is 36.2 Å². The van der Waals surface area contributed by atoms with Gasteiger partial charge in [-0.25, -0.2) is 0 Å². The minimum Gasteiger partial charge on any atom is -0.497 e. The summed E-state index contributed by atoms with van der Waals surface area (Å²) in [5.41, 5.74) is 1.83. The number of methoxy groups -OCH3 is 1. The first-order valence-corrected chi connectivity index (χ1v) is 8.89. The van der Waals surface area contributed by atoms with E-state index in [1.165, 1.54) is 5.56 Å². The number of ether oxygens (including phenoxy) is 1. The van der Waals surface area contributed by atoms with Gasteiger partial charge in [0.15, 0.2) is 0 Å². The average molecular weight is 352 g/mol. The zero-order chi connectivity index (χ0) is 18.4. The number of hydrogen-bond donors (Lipinski definition) is 1. The van der Waals surface area contributed by atoms with E-state index < -0.39 is 0 Å². The first-order chi connectivity index (χ1) is 12.7. The third-order valence-electron chi connectivity index (χ3n) is 4.71. The van der Waals surface area contributed by atoms with Crippen LogP contribution in [0.3, 0.4) is 0 Å². The van der Waals surface area contributed by atoms with E-state index in [4.69, 9.17) is 4.74 Å². The lowest BCUT2D eigenvalue weighted by molar-refractivity contribution is -0.127. The van der Waals surface area contributed by atoms with E-state index in [-0.39, 0.29) is 17.7 Å². The van der Waals surface area contributed by atoms with Crippen molar-refractivity contribution < 1.29 is 14.3 Å². The molecule has 0 spiro atoms. The number of benzene rings is 2. The Morgan fingerprint density at radius 1 is 1.15 bits per heavy atom. The van der Waals surface area contributed by atoms with E-state index in [9.17, 15) is 9.59 Å². The average Bonchev–Trinajstić information content (AvgIpc) is 3.05. The summed E-state index contributed by atoms with van der Waals surface area (Å²) in [6.45, 7) is 1.94. The second-order valence-electron chi connectivity index (χ2n) is 6.58. The molecule has 1 aliphatic heterocycles. The molecule has 26 heavy (non-hydrogen) atoms. The monoisotopic (exact) mass is 352 g/mol. The number of hydrogen-bond acceptors (Lipinski definition) is 3. The van der Waals surface area contributed by atoms with Crippen LogP contribution in [-0.4, -0.2) is 43.5 Å². The topological polar surface area (TPSA) is 58.6 Å². The lowest BCUT2D eigenvalue weighted by Crippen LogP contribution is -2.32. The Balaban J connectivity index is 1.45. The molecular weight excluding hydrogens is 328 g/mol. The highest BCUT2D eigenvalue weighted by atomic mass is 16.5. The number of amides is 2. The van der Waals surface area contributed by atoms with Gasteiger partial charge in [0, 0.05) is 37.5 Å². The van der Waals surface area contributed by atoms with Crippen molar-refractivity contribution in [3.8, 4) is 5.75 Å². The second-order valence-corrected chi connectivity index (χ2v) is 6.58. The van der Waals surface area contributed by atoms with Gasteiger partial charge in [-0.3, -0.25) is 9.59 Å². The van der Waals surface area contributed by atoms with Crippen LogP contribution in [0, 0.1) is 5.92 Å². The smallest absolute Gasteiger partial charge is 0.251 e. The van der Waals surface area contributed by atoms with E-state index in [0.29, 0.717) is 25.1 Å². The molecule has 2 aromatic carbocycles.